The van der Waals surface area contributed by atoms with Crippen molar-refractivity contribution in [2.45, 2.75) is 44.7 Å². The lowest BCUT2D eigenvalue weighted by atomic mass is 9.99. The molecule has 3 heteroatoms. The quantitative estimate of drug-likeness (QED) is 0.696. The molecule has 2 aromatic rings. The van der Waals surface area contributed by atoms with Crippen LogP contribution in [-0.4, -0.2) is 18.0 Å². The standard InChI is InChI=1S/C19H21O2P/c1-19(2)20-15-11-13-7-3-5-9-17(13)22-18-10-6-4-8-14(18)12-16(15)21-19/h3-10,15-16,22H,11-12H2,1-2H3. The summed E-state index contributed by atoms with van der Waals surface area (Å²) in [6.45, 7) is 4.04. The first-order chi connectivity index (χ1) is 10.6. The van der Waals surface area contributed by atoms with Crippen LogP contribution in [0.25, 0.3) is 0 Å². The van der Waals surface area contributed by atoms with E-state index in [9.17, 15) is 0 Å². The summed E-state index contributed by atoms with van der Waals surface area (Å²) in [5.41, 5.74) is 2.79. The summed E-state index contributed by atoms with van der Waals surface area (Å²) in [4.78, 5) is 0. The molecule has 114 valence electrons. The van der Waals surface area contributed by atoms with E-state index in [1.54, 1.807) is 0 Å². The molecule has 1 saturated heterocycles. The molecule has 2 nitrogen and oxygen atoms in total. The average Bonchev–Trinajstić information content (AvgIpc) is 2.78. The molecule has 2 atom stereocenters. The minimum absolute atomic E-state index is 0.132. The van der Waals surface area contributed by atoms with E-state index < -0.39 is 5.79 Å². The van der Waals surface area contributed by atoms with Crippen molar-refractivity contribution in [2.24, 2.45) is 0 Å². The van der Waals surface area contributed by atoms with E-state index in [0.717, 1.165) is 12.8 Å². The Balaban J connectivity index is 1.81. The molecular weight excluding hydrogens is 291 g/mol. The van der Waals surface area contributed by atoms with Gasteiger partial charge < -0.3 is 9.47 Å². The van der Waals surface area contributed by atoms with Gasteiger partial charge in [-0.15, -0.1) is 0 Å². The van der Waals surface area contributed by atoms with Gasteiger partial charge in [0.15, 0.2) is 5.79 Å². The van der Waals surface area contributed by atoms with Crippen LogP contribution in [0.5, 0.6) is 0 Å². The highest BCUT2D eigenvalue weighted by molar-refractivity contribution is 7.55. The third-order valence-electron chi connectivity index (χ3n) is 4.43. The number of hydrogen-bond donors (Lipinski definition) is 0. The van der Waals surface area contributed by atoms with Crippen molar-refractivity contribution < 1.29 is 9.47 Å². The fourth-order valence-corrected chi connectivity index (χ4v) is 4.82. The predicted octanol–water partition coefficient (Wildman–Crippen LogP) is 2.93. The molecular formula is C19H21O2P. The van der Waals surface area contributed by atoms with E-state index >= 15 is 0 Å². The second-order valence-corrected chi connectivity index (χ2v) is 7.89. The van der Waals surface area contributed by atoms with Crippen molar-refractivity contribution in [3.63, 3.8) is 0 Å². The molecule has 0 spiro atoms. The van der Waals surface area contributed by atoms with Crippen molar-refractivity contribution >= 4 is 19.2 Å². The van der Waals surface area contributed by atoms with Crippen LogP contribution in [-0.2, 0) is 22.3 Å². The van der Waals surface area contributed by atoms with Crippen molar-refractivity contribution in [2.75, 3.05) is 0 Å². The first kappa shape index (κ1) is 14.4. The Kier molecular flexibility index (Phi) is 3.57. The Bertz CT molecular complexity index is 638. The van der Waals surface area contributed by atoms with Gasteiger partial charge in [0.1, 0.15) is 0 Å². The SMILES string of the molecule is CC1(C)OC2Cc3ccccc3Pc3ccccc3CC2O1. The third kappa shape index (κ3) is 2.72. The summed E-state index contributed by atoms with van der Waals surface area (Å²) < 4.78 is 12.4. The molecule has 2 heterocycles. The van der Waals surface area contributed by atoms with Crippen molar-refractivity contribution in [3.8, 4) is 0 Å². The zero-order valence-electron chi connectivity index (χ0n) is 13.0. The lowest BCUT2D eigenvalue weighted by Gasteiger charge is -2.18. The molecule has 0 radical (unpaired) electrons. The maximum absolute atomic E-state index is 6.20. The van der Waals surface area contributed by atoms with E-state index in [0.29, 0.717) is 8.58 Å². The fraction of sp³-hybridized carbons (Fsp3) is 0.368. The molecule has 2 aromatic carbocycles. The summed E-state index contributed by atoms with van der Waals surface area (Å²) >= 11 is 0. The molecule has 1 fully saturated rings. The normalized spacial score (nSPS) is 27.2. The van der Waals surface area contributed by atoms with Gasteiger partial charge in [-0.2, -0.15) is 0 Å². The molecule has 0 amide bonds. The molecule has 2 aliphatic rings. The van der Waals surface area contributed by atoms with E-state index in [2.05, 4.69) is 48.5 Å². The van der Waals surface area contributed by atoms with Gasteiger partial charge in [0.2, 0.25) is 0 Å². The van der Waals surface area contributed by atoms with Gasteiger partial charge in [-0.25, -0.2) is 0 Å². The van der Waals surface area contributed by atoms with Gasteiger partial charge in [-0.3, -0.25) is 0 Å². The minimum Gasteiger partial charge on any atom is -0.344 e. The van der Waals surface area contributed by atoms with Gasteiger partial charge in [-0.1, -0.05) is 57.1 Å². The Hall–Kier alpha value is -1.21. The van der Waals surface area contributed by atoms with E-state index in [-0.39, 0.29) is 12.2 Å². The first-order valence-corrected chi connectivity index (χ1v) is 8.89. The van der Waals surface area contributed by atoms with Crippen LogP contribution in [0.15, 0.2) is 48.5 Å². The second-order valence-electron chi connectivity index (χ2n) is 6.56. The Morgan fingerprint density at radius 2 is 1.27 bits per heavy atom. The zero-order chi connectivity index (χ0) is 15.2. The fourth-order valence-electron chi connectivity index (χ4n) is 3.47. The highest BCUT2D eigenvalue weighted by atomic mass is 31.1. The van der Waals surface area contributed by atoms with Crippen LogP contribution < -0.4 is 10.6 Å². The summed E-state index contributed by atoms with van der Waals surface area (Å²) in [5, 5.41) is 2.87. The number of ether oxygens (including phenoxy) is 2. The van der Waals surface area contributed by atoms with Crippen LogP contribution >= 0.6 is 8.58 Å². The molecule has 0 saturated carbocycles. The van der Waals surface area contributed by atoms with Crippen LogP contribution in [0.3, 0.4) is 0 Å². The monoisotopic (exact) mass is 312 g/mol. The van der Waals surface area contributed by atoms with Gasteiger partial charge in [-0.05, 0) is 35.6 Å². The maximum Gasteiger partial charge on any atom is 0.163 e. The Morgan fingerprint density at radius 1 is 0.818 bits per heavy atom. The van der Waals surface area contributed by atoms with Crippen LogP contribution in [0.1, 0.15) is 25.0 Å². The first-order valence-electron chi connectivity index (χ1n) is 7.89. The van der Waals surface area contributed by atoms with Gasteiger partial charge in [0, 0.05) is 12.8 Å². The average molecular weight is 312 g/mol. The predicted molar refractivity (Wildman–Crippen MR) is 91.7 cm³/mol. The molecule has 2 aliphatic heterocycles. The van der Waals surface area contributed by atoms with Crippen LogP contribution in [0, 0.1) is 0 Å². The number of hydrogen-bond acceptors (Lipinski definition) is 2. The van der Waals surface area contributed by atoms with Gasteiger partial charge >= 0.3 is 0 Å². The van der Waals surface area contributed by atoms with E-state index in [1.165, 1.54) is 21.7 Å². The highest BCUT2D eigenvalue weighted by Crippen LogP contribution is 2.33. The summed E-state index contributed by atoms with van der Waals surface area (Å²) in [7, 11) is 0.708. The van der Waals surface area contributed by atoms with Crippen molar-refractivity contribution in [1.82, 2.24) is 0 Å². The van der Waals surface area contributed by atoms with E-state index in [1.807, 2.05) is 13.8 Å². The lowest BCUT2D eigenvalue weighted by Crippen LogP contribution is -2.28. The maximum atomic E-state index is 6.20. The Morgan fingerprint density at radius 3 is 1.77 bits per heavy atom. The zero-order valence-corrected chi connectivity index (χ0v) is 14.0. The molecule has 0 aliphatic carbocycles. The topological polar surface area (TPSA) is 18.5 Å². The molecule has 22 heavy (non-hydrogen) atoms. The minimum atomic E-state index is -0.485. The summed E-state index contributed by atoms with van der Waals surface area (Å²) in [6.07, 6.45) is 2.13. The number of benzene rings is 2. The van der Waals surface area contributed by atoms with Crippen LogP contribution in [0.4, 0.5) is 0 Å². The molecule has 0 N–H and O–H groups in total. The van der Waals surface area contributed by atoms with Gasteiger partial charge in [0.25, 0.3) is 0 Å². The lowest BCUT2D eigenvalue weighted by molar-refractivity contribution is -0.145. The number of fused-ring (bicyclic) bond motifs is 3. The highest BCUT2D eigenvalue weighted by Gasteiger charge is 2.41. The van der Waals surface area contributed by atoms with Crippen molar-refractivity contribution in [1.29, 1.82) is 0 Å². The molecule has 4 rings (SSSR count). The van der Waals surface area contributed by atoms with E-state index in [4.69, 9.17) is 9.47 Å². The number of rotatable bonds is 0. The van der Waals surface area contributed by atoms with Crippen molar-refractivity contribution in [3.05, 3.63) is 59.7 Å². The molecule has 0 bridgehead atoms. The third-order valence-corrected chi connectivity index (χ3v) is 5.95. The van der Waals surface area contributed by atoms with Gasteiger partial charge in [0.05, 0.1) is 12.2 Å². The largest absolute Gasteiger partial charge is 0.344 e. The molecule has 0 aromatic heterocycles. The summed E-state index contributed by atoms with van der Waals surface area (Å²) in [5.74, 6) is -0.485. The smallest absolute Gasteiger partial charge is 0.163 e. The molecule has 2 unspecified atom stereocenters. The van der Waals surface area contributed by atoms with Crippen LogP contribution in [0.2, 0.25) is 0 Å². The summed E-state index contributed by atoms with van der Waals surface area (Å²) in [6, 6.07) is 17.5. The Labute approximate surface area is 133 Å². The second kappa shape index (κ2) is 5.45.